The van der Waals surface area contributed by atoms with Crippen LogP contribution in [-0.4, -0.2) is 16.7 Å². The first kappa shape index (κ1) is 11.4. The van der Waals surface area contributed by atoms with E-state index in [2.05, 4.69) is 9.55 Å². The van der Waals surface area contributed by atoms with Gasteiger partial charge in [0.25, 0.3) is 0 Å². The van der Waals surface area contributed by atoms with Crippen LogP contribution in [0, 0.1) is 6.92 Å². The van der Waals surface area contributed by atoms with Gasteiger partial charge >= 0.3 is 0 Å². The number of hydrogen-bond acceptors (Lipinski definition) is 2. The van der Waals surface area contributed by atoms with Gasteiger partial charge in [-0.05, 0) is 30.7 Å². The molecular formula is C14H13ClN2O. The second-order valence-electron chi connectivity index (χ2n) is 4.40. The van der Waals surface area contributed by atoms with Crippen LogP contribution in [-0.2, 0) is 7.05 Å². The average Bonchev–Trinajstić information content (AvgIpc) is 2.68. The van der Waals surface area contributed by atoms with Crippen molar-refractivity contribution < 1.29 is 4.74 Å². The largest absolute Gasteiger partial charge is 0.497 e. The molecule has 0 saturated heterocycles. The Labute approximate surface area is 110 Å². The van der Waals surface area contributed by atoms with E-state index >= 15 is 0 Å². The number of aryl methyl sites for hydroxylation is 2. The van der Waals surface area contributed by atoms with E-state index < -0.39 is 0 Å². The minimum Gasteiger partial charge on any atom is -0.497 e. The maximum Gasteiger partial charge on any atom is 0.139 e. The summed E-state index contributed by atoms with van der Waals surface area (Å²) in [4.78, 5) is 4.24. The van der Waals surface area contributed by atoms with E-state index in [1.807, 2.05) is 32.2 Å². The van der Waals surface area contributed by atoms with Crippen LogP contribution in [0.5, 0.6) is 5.75 Å². The lowest BCUT2D eigenvalue weighted by Crippen LogP contribution is -1.90. The highest BCUT2D eigenvalue weighted by Gasteiger charge is 2.14. The molecule has 0 unspecified atom stereocenters. The van der Waals surface area contributed by atoms with Gasteiger partial charge in [0.2, 0.25) is 0 Å². The molecule has 3 aromatic rings. The first-order valence-electron chi connectivity index (χ1n) is 5.70. The van der Waals surface area contributed by atoms with Gasteiger partial charge in [0.05, 0.1) is 12.6 Å². The van der Waals surface area contributed by atoms with Crippen molar-refractivity contribution in [1.82, 2.24) is 9.55 Å². The molecule has 92 valence electrons. The molecule has 4 heteroatoms. The summed E-state index contributed by atoms with van der Waals surface area (Å²) in [6, 6.07) is 6.01. The monoisotopic (exact) mass is 260 g/mol. The molecule has 0 aliphatic carbocycles. The first-order chi connectivity index (χ1) is 8.63. The van der Waals surface area contributed by atoms with E-state index in [0.717, 1.165) is 33.1 Å². The fourth-order valence-electron chi connectivity index (χ4n) is 2.50. The fourth-order valence-corrected chi connectivity index (χ4v) is 2.74. The van der Waals surface area contributed by atoms with Crippen LogP contribution >= 0.6 is 11.6 Å². The quantitative estimate of drug-likeness (QED) is 0.624. The molecule has 0 radical (unpaired) electrons. The summed E-state index contributed by atoms with van der Waals surface area (Å²) in [7, 11) is 3.71. The molecule has 18 heavy (non-hydrogen) atoms. The summed E-state index contributed by atoms with van der Waals surface area (Å²) in [5, 5.41) is 2.61. The van der Waals surface area contributed by atoms with Crippen molar-refractivity contribution >= 4 is 33.4 Å². The van der Waals surface area contributed by atoms with Crippen molar-refractivity contribution in [3.05, 3.63) is 35.1 Å². The molecule has 0 aliphatic rings. The lowest BCUT2D eigenvalue weighted by atomic mass is 10.1. The molecule has 0 saturated carbocycles. The van der Waals surface area contributed by atoms with E-state index in [1.165, 1.54) is 0 Å². The van der Waals surface area contributed by atoms with Crippen molar-refractivity contribution in [3.63, 3.8) is 0 Å². The topological polar surface area (TPSA) is 27.1 Å². The predicted octanol–water partition coefficient (Wildman–Crippen LogP) is 3.70. The molecule has 3 nitrogen and oxygen atoms in total. The van der Waals surface area contributed by atoms with Crippen LogP contribution < -0.4 is 4.74 Å². The normalized spacial score (nSPS) is 11.3. The van der Waals surface area contributed by atoms with Gasteiger partial charge in [-0.2, -0.15) is 0 Å². The zero-order valence-corrected chi connectivity index (χ0v) is 11.2. The molecule has 0 N–H and O–H groups in total. The number of nitrogens with zero attached hydrogens (tertiary/aromatic N) is 2. The smallest absolute Gasteiger partial charge is 0.139 e. The minimum atomic E-state index is 0.537. The Bertz CT molecular complexity index is 761. The second kappa shape index (κ2) is 3.89. The molecule has 3 rings (SSSR count). The lowest BCUT2D eigenvalue weighted by molar-refractivity contribution is 0.415. The minimum absolute atomic E-state index is 0.537. The van der Waals surface area contributed by atoms with Crippen molar-refractivity contribution in [1.29, 1.82) is 0 Å². The Morgan fingerprint density at radius 2 is 2.11 bits per heavy atom. The van der Waals surface area contributed by atoms with Gasteiger partial charge in [-0.3, -0.25) is 0 Å². The Morgan fingerprint density at radius 3 is 2.83 bits per heavy atom. The summed E-state index contributed by atoms with van der Waals surface area (Å²) in [5.41, 5.74) is 3.37. The van der Waals surface area contributed by atoms with Gasteiger partial charge in [-0.1, -0.05) is 11.6 Å². The number of aromatic nitrogens is 2. The molecular weight excluding hydrogens is 248 g/mol. The van der Waals surface area contributed by atoms with Crippen LogP contribution in [0.15, 0.2) is 24.4 Å². The number of ether oxygens (including phenoxy) is 1. The van der Waals surface area contributed by atoms with Gasteiger partial charge in [-0.15, -0.1) is 0 Å². The van der Waals surface area contributed by atoms with Crippen LogP contribution in [0.2, 0.25) is 5.15 Å². The van der Waals surface area contributed by atoms with Gasteiger partial charge in [0, 0.05) is 29.5 Å². The van der Waals surface area contributed by atoms with E-state index in [9.17, 15) is 0 Å². The molecule has 2 heterocycles. The number of fused-ring (bicyclic) bond motifs is 3. The SMILES string of the molecule is COc1ccc2c(c1)c1c(Cl)ncc(C)c1n2C. The van der Waals surface area contributed by atoms with Crippen molar-refractivity contribution in [2.45, 2.75) is 6.92 Å². The lowest BCUT2D eigenvalue weighted by Gasteiger charge is -2.01. The van der Waals surface area contributed by atoms with Gasteiger partial charge in [0.1, 0.15) is 10.9 Å². The zero-order valence-electron chi connectivity index (χ0n) is 10.5. The van der Waals surface area contributed by atoms with Crippen molar-refractivity contribution in [2.75, 3.05) is 7.11 Å². The van der Waals surface area contributed by atoms with Gasteiger partial charge in [-0.25, -0.2) is 4.98 Å². The Morgan fingerprint density at radius 1 is 1.33 bits per heavy atom. The van der Waals surface area contributed by atoms with Gasteiger partial charge < -0.3 is 9.30 Å². The van der Waals surface area contributed by atoms with Crippen molar-refractivity contribution in [3.8, 4) is 5.75 Å². The Kier molecular flexibility index (Phi) is 2.45. The maximum atomic E-state index is 6.25. The Hall–Kier alpha value is -1.74. The van der Waals surface area contributed by atoms with Crippen LogP contribution in [0.25, 0.3) is 21.8 Å². The van der Waals surface area contributed by atoms with Gasteiger partial charge in [0.15, 0.2) is 0 Å². The summed E-state index contributed by atoms with van der Waals surface area (Å²) in [6.45, 7) is 2.04. The van der Waals surface area contributed by atoms with Crippen LogP contribution in [0.1, 0.15) is 5.56 Å². The molecule has 0 amide bonds. The molecule has 0 atom stereocenters. The predicted molar refractivity (Wildman–Crippen MR) is 74.5 cm³/mol. The summed E-state index contributed by atoms with van der Waals surface area (Å²) in [5.74, 6) is 0.826. The van der Waals surface area contributed by atoms with E-state index in [0.29, 0.717) is 5.15 Å². The molecule has 0 aliphatic heterocycles. The van der Waals surface area contributed by atoms with Crippen LogP contribution in [0.3, 0.4) is 0 Å². The highest BCUT2D eigenvalue weighted by atomic mass is 35.5. The third kappa shape index (κ3) is 1.40. The summed E-state index contributed by atoms with van der Waals surface area (Å²) in [6.07, 6.45) is 1.81. The standard InChI is InChI=1S/C14H13ClN2O/c1-8-7-16-14(15)12-10-6-9(18-3)4-5-11(10)17(2)13(8)12/h4-7H,1-3H3. The van der Waals surface area contributed by atoms with E-state index in [-0.39, 0.29) is 0 Å². The first-order valence-corrected chi connectivity index (χ1v) is 6.08. The number of pyridine rings is 1. The highest BCUT2D eigenvalue weighted by Crippen LogP contribution is 2.35. The number of halogens is 1. The number of benzene rings is 1. The zero-order chi connectivity index (χ0) is 12.9. The third-order valence-corrected chi connectivity index (χ3v) is 3.64. The number of hydrogen-bond donors (Lipinski definition) is 0. The fraction of sp³-hybridized carbons (Fsp3) is 0.214. The van der Waals surface area contributed by atoms with Crippen LogP contribution in [0.4, 0.5) is 0 Å². The highest BCUT2D eigenvalue weighted by molar-refractivity contribution is 6.37. The number of methoxy groups -OCH3 is 1. The molecule has 1 aromatic carbocycles. The maximum absolute atomic E-state index is 6.25. The number of rotatable bonds is 1. The summed E-state index contributed by atoms with van der Waals surface area (Å²) < 4.78 is 7.42. The molecule has 0 bridgehead atoms. The molecule has 0 spiro atoms. The third-order valence-electron chi connectivity index (χ3n) is 3.36. The summed E-state index contributed by atoms with van der Waals surface area (Å²) >= 11 is 6.25. The van der Waals surface area contributed by atoms with E-state index in [1.54, 1.807) is 13.3 Å². The Balaban J connectivity index is 2.59. The molecule has 2 aromatic heterocycles. The van der Waals surface area contributed by atoms with E-state index in [4.69, 9.17) is 16.3 Å². The van der Waals surface area contributed by atoms with Crippen molar-refractivity contribution in [2.24, 2.45) is 7.05 Å². The average molecular weight is 261 g/mol. The molecule has 0 fully saturated rings. The second-order valence-corrected chi connectivity index (χ2v) is 4.76.